The van der Waals surface area contributed by atoms with Crippen LogP contribution in [0.2, 0.25) is 0 Å². The van der Waals surface area contributed by atoms with Gasteiger partial charge in [0.25, 0.3) is 5.91 Å². The molecular weight excluding hydrogens is 500 g/mol. The lowest BCUT2D eigenvalue weighted by molar-refractivity contribution is -0.153. The third kappa shape index (κ3) is 7.86. The summed E-state index contributed by atoms with van der Waals surface area (Å²) in [7, 11) is 4.62. The number of ether oxygens (including phenoxy) is 4. The number of aromatic nitrogens is 1. The van der Waals surface area contributed by atoms with E-state index in [0.29, 0.717) is 19.3 Å². The number of carbonyl (C=O) groups excluding carboxylic acids is 2. The molecular formula is C30H36N2O7. The van der Waals surface area contributed by atoms with Crippen LogP contribution in [0.5, 0.6) is 23.0 Å². The Morgan fingerprint density at radius 2 is 1.51 bits per heavy atom. The van der Waals surface area contributed by atoms with Crippen molar-refractivity contribution in [3.05, 3.63) is 77.6 Å². The summed E-state index contributed by atoms with van der Waals surface area (Å²) in [4.78, 5) is 29.9. The van der Waals surface area contributed by atoms with E-state index in [1.165, 1.54) is 19.4 Å². The summed E-state index contributed by atoms with van der Waals surface area (Å²) >= 11 is 0. The summed E-state index contributed by atoms with van der Waals surface area (Å²) in [6.45, 7) is 3.62. The van der Waals surface area contributed by atoms with E-state index in [-0.39, 0.29) is 17.4 Å². The van der Waals surface area contributed by atoms with Crippen LogP contribution in [0.3, 0.4) is 0 Å². The second-order valence-corrected chi connectivity index (χ2v) is 9.16. The van der Waals surface area contributed by atoms with E-state index in [4.69, 9.17) is 18.9 Å². The summed E-state index contributed by atoms with van der Waals surface area (Å²) in [6, 6.07) is 16.1. The summed E-state index contributed by atoms with van der Waals surface area (Å²) in [5.41, 5.74) is 1.86. The van der Waals surface area contributed by atoms with Crippen LogP contribution in [0.4, 0.5) is 0 Å². The molecule has 0 aliphatic heterocycles. The van der Waals surface area contributed by atoms with Gasteiger partial charge in [0.2, 0.25) is 0 Å². The Kier molecular flexibility index (Phi) is 10.5. The maximum atomic E-state index is 13.2. The molecule has 9 nitrogen and oxygen atoms in total. The number of carbonyl (C=O) groups is 2. The molecule has 0 unspecified atom stereocenters. The van der Waals surface area contributed by atoms with Crippen LogP contribution < -0.4 is 19.5 Å². The number of rotatable bonds is 13. The summed E-state index contributed by atoms with van der Waals surface area (Å²) in [5, 5.41) is 12.9. The number of hydrogen-bond acceptors (Lipinski definition) is 8. The van der Waals surface area contributed by atoms with E-state index in [1.807, 2.05) is 55.5 Å². The quantitative estimate of drug-likeness (QED) is 0.310. The number of pyridine rings is 1. The Morgan fingerprint density at radius 3 is 2.03 bits per heavy atom. The number of benzene rings is 2. The average molecular weight is 537 g/mol. The molecule has 0 radical (unpaired) electrons. The molecule has 0 spiro atoms. The van der Waals surface area contributed by atoms with Crippen molar-refractivity contribution in [3.63, 3.8) is 0 Å². The lowest BCUT2D eigenvalue weighted by Crippen LogP contribution is -2.43. The first-order chi connectivity index (χ1) is 18.8. The fraction of sp³-hybridized carbons (Fsp3) is 0.367. The molecule has 0 bridgehead atoms. The number of amides is 1. The Balaban J connectivity index is 1.77. The Bertz CT molecular complexity index is 1210. The van der Waals surface area contributed by atoms with Crippen LogP contribution in [0.25, 0.3) is 0 Å². The van der Waals surface area contributed by atoms with Gasteiger partial charge in [-0.2, -0.15) is 0 Å². The second kappa shape index (κ2) is 14.0. The topological polar surface area (TPSA) is 116 Å². The van der Waals surface area contributed by atoms with Gasteiger partial charge in [-0.3, -0.25) is 4.79 Å². The van der Waals surface area contributed by atoms with Crippen LogP contribution in [0, 0.1) is 5.92 Å². The Labute approximate surface area is 229 Å². The fourth-order valence-corrected chi connectivity index (χ4v) is 4.29. The van der Waals surface area contributed by atoms with Crippen LogP contribution in [-0.4, -0.2) is 55.4 Å². The molecule has 1 aromatic heterocycles. The third-order valence-electron chi connectivity index (χ3n) is 6.55. The number of aromatic hydroxyl groups is 1. The highest BCUT2D eigenvalue weighted by Crippen LogP contribution is 2.28. The normalized spacial score (nSPS) is 12.4. The van der Waals surface area contributed by atoms with Gasteiger partial charge < -0.3 is 29.4 Å². The molecule has 0 fully saturated rings. The molecule has 2 aromatic carbocycles. The van der Waals surface area contributed by atoms with Gasteiger partial charge >= 0.3 is 5.97 Å². The SMILES string of the molecule is CC[C@H](NC(=O)c1nccc(OC)c1O)C(=O)O[C@@H](C)C(Cc1cccc(OC)c1)Cc1cccc(OC)c1. The van der Waals surface area contributed by atoms with Gasteiger partial charge in [-0.1, -0.05) is 31.2 Å². The summed E-state index contributed by atoms with van der Waals surface area (Å²) in [6.07, 6.45) is 2.42. The van der Waals surface area contributed by atoms with Gasteiger partial charge in [0, 0.05) is 18.2 Å². The minimum absolute atomic E-state index is 0.0783. The van der Waals surface area contributed by atoms with Crippen molar-refractivity contribution >= 4 is 11.9 Å². The maximum absolute atomic E-state index is 13.2. The number of esters is 1. The Hall–Kier alpha value is -4.27. The number of methoxy groups -OCH3 is 3. The predicted molar refractivity (Wildman–Crippen MR) is 146 cm³/mol. The van der Waals surface area contributed by atoms with Gasteiger partial charge in [0.05, 0.1) is 21.3 Å². The number of nitrogens with zero attached hydrogens (tertiary/aromatic N) is 1. The van der Waals surface area contributed by atoms with Crippen molar-refractivity contribution in [2.75, 3.05) is 21.3 Å². The standard InChI is InChI=1S/C30H36N2O7/c1-6-25(32-29(34)27-28(33)26(38-5)13-14-31-27)30(35)39-19(2)22(15-20-9-7-11-23(17-20)36-3)16-21-10-8-12-24(18-21)37-4/h7-14,17-19,22,25,33H,6,15-16H2,1-5H3,(H,32,34)/t19-,25-/m0/s1. The average Bonchev–Trinajstić information content (AvgIpc) is 2.95. The zero-order chi connectivity index (χ0) is 28.4. The van der Waals surface area contributed by atoms with E-state index >= 15 is 0 Å². The first kappa shape index (κ1) is 29.3. The van der Waals surface area contributed by atoms with E-state index in [1.54, 1.807) is 21.1 Å². The van der Waals surface area contributed by atoms with Gasteiger partial charge in [0.15, 0.2) is 17.2 Å². The minimum Gasteiger partial charge on any atom is -0.503 e. The van der Waals surface area contributed by atoms with Crippen molar-refractivity contribution in [3.8, 4) is 23.0 Å². The lowest BCUT2D eigenvalue weighted by atomic mass is 9.88. The summed E-state index contributed by atoms with van der Waals surface area (Å²) in [5.74, 6) is -0.136. The molecule has 1 heterocycles. The van der Waals surface area contributed by atoms with Gasteiger partial charge in [-0.25, -0.2) is 9.78 Å². The van der Waals surface area contributed by atoms with Crippen LogP contribution in [0.15, 0.2) is 60.8 Å². The highest BCUT2D eigenvalue weighted by atomic mass is 16.5. The van der Waals surface area contributed by atoms with Gasteiger partial charge in [0.1, 0.15) is 23.6 Å². The zero-order valence-corrected chi connectivity index (χ0v) is 23.0. The smallest absolute Gasteiger partial charge is 0.328 e. The van der Waals surface area contributed by atoms with Crippen LogP contribution >= 0.6 is 0 Å². The van der Waals surface area contributed by atoms with E-state index in [2.05, 4.69) is 10.3 Å². The van der Waals surface area contributed by atoms with E-state index in [0.717, 1.165) is 22.6 Å². The second-order valence-electron chi connectivity index (χ2n) is 9.16. The molecule has 3 rings (SSSR count). The number of nitrogens with one attached hydrogen (secondary N) is 1. The van der Waals surface area contributed by atoms with E-state index < -0.39 is 29.8 Å². The highest BCUT2D eigenvalue weighted by Gasteiger charge is 2.28. The molecule has 0 saturated carbocycles. The van der Waals surface area contributed by atoms with Crippen LogP contribution in [-0.2, 0) is 22.4 Å². The van der Waals surface area contributed by atoms with Crippen molar-refractivity contribution < 1.29 is 33.6 Å². The molecule has 39 heavy (non-hydrogen) atoms. The molecule has 0 aliphatic rings. The van der Waals surface area contributed by atoms with Crippen molar-refractivity contribution in [2.24, 2.45) is 5.92 Å². The Morgan fingerprint density at radius 1 is 0.923 bits per heavy atom. The predicted octanol–water partition coefficient (Wildman–Crippen LogP) is 4.35. The molecule has 0 saturated heterocycles. The van der Waals surface area contributed by atoms with Gasteiger partial charge in [-0.15, -0.1) is 0 Å². The monoisotopic (exact) mass is 536 g/mol. The maximum Gasteiger partial charge on any atom is 0.328 e. The molecule has 3 aromatic rings. The van der Waals surface area contributed by atoms with Gasteiger partial charge in [-0.05, 0) is 61.6 Å². The van der Waals surface area contributed by atoms with Crippen molar-refractivity contribution in [1.29, 1.82) is 0 Å². The zero-order valence-electron chi connectivity index (χ0n) is 23.0. The third-order valence-corrected chi connectivity index (χ3v) is 6.55. The largest absolute Gasteiger partial charge is 0.503 e. The van der Waals surface area contributed by atoms with Crippen molar-refractivity contribution in [2.45, 2.75) is 45.3 Å². The highest BCUT2D eigenvalue weighted by molar-refractivity contribution is 5.97. The number of hydrogen-bond donors (Lipinski definition) is 2. The molecule has 1 amide bonds. The van der Waals surface area contributed by atoms with Crippen molar-refractivity contribution in [1.82, 2.24) is 10.3 Å². The minimum atomic E-state index is -0.929. The first-order valence-corrected chi connectivity index (χ1v) is 12.8. The molecule has 9 heteroatoms. The molecule has 0 aliphatic carbocycles. The van der Waals surface area contributed by atoms with E-state index in [9.17, 15) is 14.7 Å². The first-order valence-electron chi connectivity index (χ1n) is 12.8. The molecule has 208 valence electrons. The molecule has 2 N–H and O–H groups in total. The lowest BCUT2D eigenvalue weighted by Gasteiger charge is -2.27. The molecule has 2 atom stereocenters. The summed E-state index contributed by atoms with van der Waals surface area (Å²) < 4.78 is 21.7. The fourth-order valence-electron chi connectivity index (χ4n) is 4.29. The van der Waals surface area contributed by atoms with Crippen LogP contribution in [0.1, 0.15) is 41.9 Å².